The normalized spacial score (nSPS) is 16.2. The number of rotatable bonds is 4. The second-order valence-electron chi connectivity index (χ2n) is 5.31. The molecule has 2 N–H and O–H groups in total. The highest BCUT2D eigenvalue weighted by atomic mass is 79.9. The minimum atomic E-state index is -0.487. The Morgan fingerprint density at radius 3 is 2.57 bits per heavy atom. The first-order valence-corrected chi connectivity index (χ1v) is 7.93. The largest absolute Gasteiger partial charge is 0.327 e. The van der Waals surface area contributed by atoms with E-state index < -0.39 is 4.92 Å². The zero-order chi connectivity index (χ0) is 15.2. The molecule has 0 atom stereocenters. The summed E-state index contributed by atoms with van der Waals surface area (Å²) in [6.07, 6.45) is 4.73. The third-order valence-electron chi connectivity index (χ3n) is 3.65. The number of anilines is 1. The van der Waals surface area contributed by atoms with Gasteiger partial charge in [0.1, 0.15) is 5.69 Å². The van der Waals surface area contributed by atoms with Crippen LogP contribution in [0, 0.1) is 10.1 Å². The van der Waals surface area contributed by atoms with Gasteiger partial charge >= 0.3 is 0 Å². The molecule has 0 aromatic heterocycles. The van der Waals surface area contributed by atoms with Crippen molar-refractivity contribution in [3.8, 4) is 0 Å². The fourth-order valence-electron chi connectivity index (χ4n) is 2.59. The Morgan fingerprint density at radius 1 is 1.29 bits per heavy atom. The number of nitrogens with one attached hydrogen (secondary N) is 2. The highest BCUT2D eigenvalue weighted by Crippen LogP contribution is 2.27. The molecule has 0 saturated carbocycles. The summed E-state index contributed by atoms with van der Waals surface area (Å²) >= 11 is 3.20. The predicted molar refractivity (Wildman–Crippen MR) is 83.5 cm³/mol. The summed E-state index contributed by atoms with van der Waals surface area (Å²) in [5.74, 6) is -0.169. The summed E-state index contributed by atoms with van der Waals surface area (Å²) in [7, 11) is 0. The monoisotopic (exact) mass is 356 g/mol. The number of carbonyl (C=O) groups is 1. The van der Waals surface area contributed by atoms with Crippen LogP contribution in [-0.2, 0) is 4.79 Å². The lowest BCUT2D eigenvalue weighted by Crippen LogP contribution is -3.12. The van der Waals surface area contributed by atoms with Gasteiger partial charge in [-0.25, -0.2) is 0 Å². The molecule has 0 bridgehead atoms. The number of nitro groups is 1. The van der Waals surface area contributed by atoms with Crippen LogP contribution in [0.3, 0.4) is 0 Å². The van der Waals surface area contributed by atoms with Gasteiger partial charge in [-0.3, -0.25) is 14.9 Å². The number of nitro benzene ring substituents is 1. The second-order valence-corrected chi connectivity index (χ2v) is 6.22. The van der Waals surface area contributed by atoms with E-state index in [1.54, 1.807) is 12.1 Å². The molecule has 0 aliphatic carbocycles. The molecule has 1 fully saturated rings. The first-order chi connectivity index (χ1) is 10.1. The Morgan fingerprint density at radius 2 is 1.95 bits per heavy atom. The molecule has 21 heavy (non-hydrogen) atoms. The number of halogens is 1. The van der Waals surface area contributed by atoms with Gasteiger partial charge in [-0.2, -0.15) is 0 Å². The van der Waals surface area contributed by atoms with Gasteiger partial charge in [-0.1, -0.05) is 15.9 Å². The van der Waals surface area contributed by atoms with Crippen molar-refractivity contribution in [2.75, 3.05) is 25.0 Å². The van der Waals surface area contributed by atoms with Crippen LogP contribution in [0.25, 0.3) is 0 Å². The zero-order valence-electron chi connectivity index (χ0n) is 11.7. The van der Waals surface area contributed by atoms with E-state index in [-0.39, 0.29) is 17.3 Å². The Labute approximate surface area is 131 Å². The van der Waals surface area contributed by atoms with Crippen molar-refractivity contribution in [1.82, 2.24) is 0 Å². The molecular formula is C14H19BrN3O3+. The lowest BCUT2D eigenvalue weighted by atomic mass is 10.2. The number of quaternary nitrogens is 1. The maximum Gasteiger partial charge on any atom is 0.293 e. The lowest BCUT2D eigenvalue weighted by Gasteiger charge is -2.16. The van der Waals surface area contributed by atoms with E-state index in [1.807, 2.05) is 0 Å². The molecule has 0 unspecified atom stereocenters. The SMILES string of the molecule is O=C(C[NH+]1CCCCCC1)Nc1ccc(Br)cc1[N+](=O)[O-]. The molecular weight excluding hydrogens is 338 g/mol. The molecule has 114 valence electrons. The first kappa shape index (κ1) is 15.9. The minimum absolute atomic E-state index is 0.0939. The van der Waals surface area contributed by atoms with E-state index in [0.717, 1.165) is 25.9 Å². The smallest absolute Gasteiger partial charge is 0.293 e. The van der Waals surface area contributed by atoms with Gasteiger partial charge in [0.25, 0.3) is 11.6 Å². The van der Waals surface area contributed by atoms with Crippen molar-refractivity contribution in [1.29, 1.82) is 0 Å². The summed E-state index contributed by atoms with van der Waals surface area (Å²) in [5, 5.41) is 13.7. The lowest BCUT2D eigenvalue weighted by molar-refractivity contribution is -0.890. The summed E-state index contributed by atoms with van der Waals surface area (Å²) in [5.41, 5.74) is 0.158. The highest BCUT2D eigenvalue weighted by molar-refractivity contribution is 9.10. The van der Waals surface area contributed by atoms with Crippen molar-refractivity contribution in [2.45, 2.75) is 25.7 Å². The Hall–Kier alpha value is -1.47. The minimum Gasteiger partial charge on any atom is -0.327 e. The maximum atomic E-state index is 12.1. The number of carbonyl (C=O) groups excluding carboxylic acids is 1. The molecule has 1 aromatic carbocycles. The molecule has 0 radical (unpaired) electrons. The van der Waals surface area contributed by atoms with Crippen molar-refractivity contribution in [3.63, 3.8) is 0 Å². The van der Waals surface area contributed by atoms with Gasteiger partial charge in [0.15, 0.2) is 6.54 Å². The maximum absolute atomic E-state index is 12.1. The van der Waals surface area contributed by atoms with Crippen LogP contribution in [0.1, 0.15) is 25.7 Å². The summed E-state index contributed by atoms with van der Waals surface area (Å²) in [6, 6.07) is 4.63. The highest BCUT2D eigenvalue weighted by Gasteiger charge is 2.20. The second kappa shape index (κ2) is 7.51. The van der Waals surface area contributed by atoms with Gasteiger partial charge < -0.3 is 10.2 Å². The molecule has 0 spiro atoms. The molecule has 1 aliphatic heterocycles. The van der Waals surface area contributed by atoms with E-state index in [2.05, 4.69) is 21.2 Å². The topological polar surface area (TPSA) is 76.7 Å². The standard InChI is InChI=1S/C14H18BrN3O3/c15-11-5-6-12(13(9-11)18(20)21)16-14(19)10-17-7-3-1-2-4-8-17/h5-6,9H,1-4,7-8,10H2,(H,16,19)/p+1. The number of likely N-dealkylation sites (tertiary alicyclic amines) is 1. The number of benzene rings is 1. The van der Waals surface area contributed by atoms with Crippen LogP contribution in [0.4, 0.5) is 11.4 Å². The quantitative estimate of drug-likeness (QED) is 0.637. The van der Waals surface area contributed by atoms with Crippen molar-refractivity contribution in [2.24, 2.45) is 0 Å². The van der Waals surface area contributed by atoms with Crippen LogP contribution >= 0.6 is 15.9 Å². The summed E-state index contributed by atoms with van der Waals surface area (Å²) < 4.78 is 0.616. The first-order valence-electron chi connectivity index (χ1n) is 7.13. The molecule has 1 heterocycles. The van der Waals surface area contributed by atoms with E-state index >= 15 is 0 Å². The van der Waals surface area contributed by atoms with Crippen LogP contribution in [0.5, 0.6) is 0 Å². The molecule has 1 aliphatic rings. The molecule has 1 amide bonds. The number of nitrogens with zero attached hydrogens (tertiary/aromatic N) is 1. The average molecular weight is 357 g/mol. The summed E-state index contributed by atoms with van der Waals surface area (Å²) in [6.45, 7) is 2.36. The third kappa shape index (κ3) is 4.78. The number of hydrogen-bond donors (Lipinski definition) is 2. The predicted octanol–water partition coefficient (Wildman–Crippen LogP) is 1.75. The summed E-state index contributed by atoms with van der Waals surface area (Å²) in [4.78, 5) is 23.9. The Bertz CT molecular complexity index is 528. The van der Waals surface area contributed by atoms with E-state index in [4.69, 9.17) is 0 Å². The molecule has 7 heteroatoms. The van der Waals surface area contributed by atoms with Gasteiger partial charge in [-0.15, -0.1) is 0 Å². The average Bonchev–Trinajstić information content (AvgIpc) is 2.69. The van der Waals surface area contributed by atoms with Crippen molar-refractivity contribution < 1.29 is 14.6 Å². The van der Waals surface area contributed by atoms with Crippen LogP contribution in [0.15, 0.2) is 22.7 Å². The van der Waals surface area contributed by atoms with Gasteiger partial charge in [0, 0.05) is 10.5 Å². The van der Waals surface area contributed by atoms with Crippen LogP contribution < -0.4 is 10.2 Å². The molecule has 2 rings (SSSR count). The Balaban J connectivity index is 2.00. The van der Waals surface area contributed by atoms with Crippen LogP contribution in [0.2, 0.25) is 0 Å². The van der Waals surface area contributed by atoms with Gasteiger partial charge in [0.05, 0.1) is 18.0 Å². The third-order valence-corrected chi connectivity index (χ3v) is 4.15. The molecule has 1 saturated heterocycles. The van der Waals surface area contributed by atoms with Crippen molar-refractivity contribution in [3.05, 3.63) is 32.8 Å². The molecule has 6 nitrogen and oxygen atoms in total. The Kier molecular flexibility index (Phi) is 5.69. The fraction of sp³-hybridized carbons (Fsp3) is 0.500. The number of amides is 1. The van der Waals surface area contributed by atoms with E-state index in [0.29, 0.717) is 11.0 Å². The number of hydrogen-bond acceptors (Lipinski definition) is 3. The van der Waals surface area contributed by atoms with Crippen LogP contribution in [-0.4, -0.2) is 30.5 Å². The zero-order valence-corrected chi connectivity index (χ0v) is 13.3. The fourth-order valence-corrected chi connectivity index (χ4v) is 2.94. The van der Waals surface area contributed by atoms with Gasteiger partial charge in [-0.05, 0) is 37.8 Å². The van der Waals surface area contributed by atoms with Crippen molar-refractivity contribution >= 4 is 33.2 Å². The van der Waals surface area contributed by atoms with E-state index in [1.165, 1.54) is 23.8 Å². The van der Waals surface area contributed by atoms with Gasteiger partial charge in [0.2, 0.25) is 0 Å². The molecule has 1 aromatic rings. The van der Waals surface area contributed by atoms with E-state index in [9.17, 15) is 14.9 Å².